The highest BCUT2D eigenvalue weighted by atomic mass is 16.5. The third-order valence-electron chi connectivity index (χ3n) is 7.82. The molecule has 1 saturated heterocycles. The number of hydrogen-bond acceptors (Lipinski definition) is 3. The van der Waals surface area contributed by atoms with Crippen molar-refractivity contribution in [2.45, 2.75) is 74.8 Å². The molecule has 0 amide bonds. The predicted molar refractivity (Wildman–Crippen MR) is 122 cm³/mol. The van der Waals surface area contributed by atoms with E-state index in [2.05, 4.69) is 48.3 Å². The highest BCUT2D eigenvalue weighted by molar-refractivity contribution is 5.68. The van der Waals surface area contributed by atoms with E-state index >= 15 is 0 Å². The number of benzene rings is 1. The lowest BCUT2D eigenvalue weighted by Crippen LogP contribution is -2.47. The molecule has 2 aromatic rings. The van der Waals surface area contributed by atoms with E-state index in [1.807, 2.05) is 12.3 Å². The standard InChI is InChI=1S/C27H34N2O/c1-21-11-12-24(23-9-3-2-8-22(21)23)28-18-15-26(25-10-4-7-17-29-25)16-19-30-27(20-26)13-5-6-14-27/h2-4,7-10,17,24,28H,1,5-6,11-16,18-20H2/t24?,26-/m1/s1. The monoisotopic (exact) mass is 402 g/mol. The second-order valence-electron chi connectivity index (χ2n) is 9.65. The molecule has 0 bridgehead atoms. The molecule has 2 fully saturated rings. The molecule has 1 spiro atoms. The maximum absolute atomic E-state index is 6.40. The third-order valence-corrected chi connectivity index (χ3v) is 7.82. The number of hydrogen-bond donors (Lipinski definition) is 1. The van der Waals surface area contributed by atoms with Crippen molar-refractivity contribution in [1.82, 2.24) is 10.3 Å². The van der Waals surface area contributed by atoms with Crippen LogP contribution in [0.2, 0.25) is 0 Å². The summed E-state index contributed by atoms with van der Waals surface area (Å²) in [6.45, 7) is 6.16. The summed E-state index contributed by atoms with van der Waals surface area (Å²) in [6.07, 6.45) is 12.5. The zero-order valence-corrected chi connectivity index (χ0v) is 18.0. The smallest absolute Gasteiger partial charge is 0.0691 e. The molecule has 2 atom stereocenters. The largest absolute Gasteiger partial charge is 0.375 e. The summed E-state index contributed by atoms with van der Waals surface area (Å²) in [5.41, 5.74) is 5.51. The molecule has 2 heterocycles. The maximum Gasteiger partial charge on any atom is 0.0691 e. The first kappa shape index (κ1) is 20.0. The molecule has 5 rings (SSSR count). The van der Waals surface area contributed by atoms with Crippen LogP contribution in [-0.4, -0.2) is 23.7 Å². The summed E-state index contributed by atoms with van der Waals surface area (Å²) in [5.74, 6) is 0. The molecule has 3 heteroatoms. The fraction of sp³-hybridized carbons (Fsp3) is 0.519. The minimum atomic E-state index is 0.0882. The van der Waals surface area contributed by atoms with Crippen LogP contribution in [0.1, 0.15) is 80.7 Å². The van der Waals surface area contributed by atoms with Crippen molar-refractivity contribution in [1.29, 1.82) is 0 Å². The van der Waals surface area contributed by atoms with Gasteiger partial charge in [0, 0.05) is 30.0 Å². The van der Waals surface area contributed by atoms with Gasteiger partial charge in [0.25, 0.3) is 0 Å². The first-order valence-electron chi connectivity index (χ1n) is 11.8. The minimum absolute atomic E-state index is 0.0882. The Morgan fingerprint density at radius 1 is 1.07 bits per heavy atom. The molecule has 3 aliphatic rings. The van der Waals surface area contributed by atoms with Gasteiger partial charge in [-0.05, 0) is 80.3 Å². The Kier molecular flexibility index (Phi) is 5.51. The SMILES string of the molecule is C=C1CCC(NCC[C@@]2(c3ccccn3)CCOC3(CCCC3)C2)c2ccccc21. The van der Waals surface area contributed by atoms with Crippen molar-refractivity contribution >= 4 is 5.57 Å². The fourth-order valence-corrected chi connectivity index (χ4v) is 6.23. The van der Waals surface area contributed by atoms with Crippen LogP contribution in [0, 0.1) is 0 Å². The Balaban J connectivity index is 1.34. The van der Waals surface area contributed by atoms with Crippen LogP contribution in [0.15, 0.2) is 55.2 Å². The summed E-state index contributed by atoms with van der Waals surface area (Å²) < 4.78 is 6.40. The Morgan fingerprint density at radius 2 is 1.90 bits per heavy atom. The molecule has 0 radical (unpaired) electrons. The van der Waals surface area contributed by atoms with Crippen LogP contribution >= 0.6 is 0 Å². The van der Waals surface area contributed by atoms with Crippen LogP contribution in [0.5, 0.6) is 0 Å². The lowest BCUT2D eigenvalue weighted by atomic mass is 9.68. The highest BCUT2D eigenvalue weighted by Crippen LogP contribution is 2.49. The molecule has 1 aliphatic heterocycles. The molecular weight excluding hydrogens is 368 g/mol. The molecular formula is C27H34N2O. The molecule has 1 aromatic carbocycles. The van der Waals surface area contributed by atoms with Gasteiger partial charge in [-0.15, -0.1) is 0 Å². The van der Waals surface area contributed by atoms with Gasteiger partial charge in [-0.2, -0.15) is 0 Å². The Bertz CT molecular complexity index is 887. The van der Waals surface area contributed by atoms with E-state index in [4.69, 9.17) is 9.72 Å². The first-order chi connectivity index (χ1) is 14.7. The summed E-state index contributed by atoms with van der Waals surface area (Å²) in [4.78, 5) is 4.85. The van der Waals surface area contributed by atoms with Gasteiger partial charge in [0.15, 0.2) is 0 Å². The van der Waals surface area contributed by atoms with Gasteiger partial charge in [-0.25, -0.2) is 0 Å². The fourth-order valence-electron chi connectivity index (χ4n) is 6.23. The van der Waals surface area contributed by atoms with Gasteiger partial charge in [-0.3, -0.25) is 4.98 Å². The van der Waals surface area contributed by atoms with Crippen LogP contribution in [0.25, 0.3) is 5.57 Å². The highest BCUT2D eigenvalue weighted by Gasteiger charge is 2.48. The summed E-state index contributed by atoms with van der Waals surface area (Å²) in [5, 5.41) is 3.91. The number of allylic oxidation sites excluding steroid dienone is 1. The van der Waals surface area contributed by atoms with E-state index in [1.54, 1.807) is 0 Å². The zero-order chi connectivity index (χ0) is 20.4. The summed E-state index contributed by atoms with van der Waals surface area (Å²) >= 11 is 0. The number of ether oxygens (including phenoxy) is 1. The van der Waals surface area contributed by atoms with Crippen molar-refractivity contribution < 1.29 is 4.74 Å². The van der Waals surface area contributed by atoms with Crippen molar-refractivity contribution in [3.63, 3.8) is 0 Å². The van der Waals surface area contributed by atoms with Gasteiger partial charge in [0.1, 0.15) is 0 Å². The Morgan fingerprint density at radius 3 is 2.73 bits per heavy atom. The second kappa shape index (κ2) is 8.28. The minimum Gasteiger partial charge on any atom is -0.375 e. The van der Waals surface area contributed by atoms with E-state index in [9.17, 15) is 0 Å². The number of fused-ring (bicyclic) bond motifs is 1. The number of pyridine rings is 1. The molecule has 30 heavy (non-hydrogen) atoms. The maximum atomic E-state index is 6.40. The van der Waals surface area contributed by atoms with Crippen LogP contribution < -0.4 is 5.32 Å². The molecule has 3 nitrogen and oxygen atoms in total. The van der Waals surface area contributed by atoms with Gasteiger partial charge in [0.2, 0.25) is 0 Å². The van der Waals surface area contributed by atoms with Crippen molar-refractivity contribution in [3.05, 3.63) is 72.1 Å². The van der Waals surface area contributed by atoms with Gasteiger partial charge < -0.3 is 10.1 Å². The Hall–Kier alpha value is -1.97. The van der Waals surface area contributed by atoms with E-state index in [1.165, 1.54) is 48.1 Å². The molecule has 158 valence electrons. The van der Waals surface area contributed by atoms with Gasteiger partial charge >= 0.3 is 0 Å². The van der Waals surface area contributed by atoms with E-state index < -0.39 is 0 Å². The number of nitrogens with zero attached hydrogens (tertiary/aromatic N) is 1. The van der Waals surface area contributed by atoms with E-state index in [0.29, 0.717) is 6.04 Å². The number of rotatable bonds is 5. The average Bonchev–Trinajstić information content (AvgIpc) is 3.23. The van der Waals surface area contributed by atoms with Crippen LogP contribution in [-0.2, 0) is 10.2 Å². The first-order valence-corrected chi connectivity index (χ1v) is 11.8. The molecule has 1 unspecified atom stereocenters. The topological polar surface area (TPSA) is 34.2 Å². The average molecular weight is 403 g/mol. The lowest BCUT2D eigenvalue weighted by molar-refractivity contribution is -0.104. The number of aromatic nitrogens is 1. The summed E-state index contributed by atoms with van der Waals surface area (Å²) in [6, 6.07) is 15.6. The zero-order valence-electron chi connectivity index (χ0n) is 18.0. The second-order valence-corrected chi connectivity index (χ2v) is 9.65. The van der Waals surface area contributed by atoms with Crippen molar-refractivity contribution in [3.8, 4) is 0 Å². The molecule has 2 aliphatic carbocycles. The van der Waals surface area contributed by atoms with E-state index in [-0.39, 0.29) is 11.0 Å². The summed E-state index contributed by atoms with van der Waals surface area (Å²) in [7, 11) is 0. The van der Waals surface area contributed by atoms with Gasteiger partial charge in [0.05, 0.1) is 5.60 Å². The Labute approximate surface area is 181 Å². The van der Waals surface area contributed by atoms with Crippen LogP contribution in [0.3, 0.4) is 0 Å². The predicted octanol–water partition coefficient (Wildman–Crippen LogP) is 5.97. The molecule has 1 N–H and O–H groups in total. The number of nitrogens with one attached hydrogen (secondary N) is 1. The lowest BCUT2D eigenvalue weighted by Gasteiger charge is -2.46. The third kappa shape index (κ3) is 3.74. The van der Waals surface area contributed by atoms with Gasteiger partial charge in [-0.1, -0.05) is 49.8 Å². The quantitative estimate of drug-likeness (QED) is 0.669. The molecule has 1 aromatic heterocycles. The van der Waals surface area contributed by atoms with Crippen molar-refractivity contribution in [2.24, 2.45) is 0 Å². The van der Waals surface area contributed by atoms with Crippen LogP contribution in [0.4, 0.5) is 0 Å². The van der Waals surface area contributed by atoms with Crippen molar-refractivity contribution in [2.75, 3.05) is 13.2 Å². The normalized spacial score (nSPS) is 27.9. The molecule has 1 saturated carbocycles. The van der Waals surface area contributed by atoms with E-state index in [0.717, 1.165) is 45.3 Å².